The SMILES string of the molecule is [Si]OCC(C#Cc1ccccc1)C#Cc1ccccc1. The lowest BCUT2D eigenvalue weighted by atomic mass is 10.1. The van der Waals surface area contributed by atoms with Gasteiger partial charge in [0.1, 0.15) is 5.92 Å². The van der Waals surface area contributed by atoms with Crippen molar-refractivity contribution in [3.05, 3.63) is 71.8 Å². The minimum Gasteiger partial charge on any atom is -0.416 e. The molecule has 3 radical (unpaired) electrons. The Bertz CT molecular complexity index is 584. The highest BCUT2D eigenvalue weighted by Gasteiger charge is 1.98. The van der Waals surface area contributed by atoms with Gasteiger partial charge in [-0.2, -0.15) is 0 Å². The standard InChI is InChI=1S/C18H13OSi/c20-19-15-18(13-11-16-7-3-1-4-8-16)14-12-17-9-5-2-6-10-17/h1-10,18H,15H2. The first-order chi connectivity index (χ1) is 9.88. The van der Waals surface area contributed by atoms with Crippen molar-refractivity contribution in [3.63, 3.8) is 0 Å². The van der Waals surface area contributed by atoms with Crippen LogP contribution in [0.25, 0.3) is 0 Å². The summed E-state index contributed by atoms with van der Waals surface area (Å²) in [6.07, 6.45) is 0. The molecule has 0 aliphatic heterocycles. The maximum atomic E-state index is 4.98. The van der Waals surface area contributed by atoms with Crippen LogP contribution in [0.5, 0.6) is 0 Å². The van der Waals surface area contributed by atoms with E-state index in [4.69, 9.17) is 4.43 Å². The minimum atomic E-state index is -0.132. The number of benzene rings is 2. The predicted octanol–water partition coefficient (Wildman–Crippen LogP) is 2.81. The molecular formula is C18H13OSi. The highest BCUT2D eigenvalue weighted by Crippen LogP contribution is 2.00. The van der Waals surface area contributed by atoms with Crippen molar-refractivity contribution in [2.45, 2.75) is 0 Å². The Balaban J connectivity index is 2.13. The Morgan fingerprint density at radius 1 is 0.800 bits per heavy atom. The van der Waals surface area contributed by atoms with Crippen molar-refractivity contribution in [1.29, 1.82) is 0 Å². The van der Waals surface area contributed by atoms with Crippen molar-refractivity contribution in [2.75, 3.05) is 6.61 Å². The summed E-state index contributed by atoms with van der Waals surface area (Å²) in [5.74, 6) is 12.3. The van der Waals surface area contributed by atoms with Gasteiger partial charge in [-0.25, -0.2) is 0 Å². The molecule has 95 valence electrons. The summed E-state index contributed by atoms with van der Waals surface area (Å²) in [6, 6.07) is 19.7. The molecule has 0 heterocycles. The lowest BCUT2D eigenvalue weighted by Gasteiger charge is -2.00. The Morgan fingerprint density at radius 2 is 1.25 bits per heavy atom. The average Bonchev–Trinajstić information content (AvgIpc) is 2.52. The van der Waals surface area contributed by atoms with Crippen molar-refractivity contribution >= 4 is 10.5 Å². The maximum Gasteiger partial charge on any atom is 0.246 e. The molecule has 2 heteroatoms. The highest BCUT2D eigenvalue weighted by molar-refractivity contribution is 5.97. The quantitative estimate of drug-likeness (QED) is 0.604. The van der Waals surface area contributed by atoms with Crippen LogP contribution in [0.3, 0.4) is 0 Å². The van der Waals surface area contributed by atoms with E-state index in [1.165, 1.54) is 0 Å². The summed E-state index contributed by atoms with van der Waals surface area (Å²) in [5.41, 5.74) is 1.96. The molecule has 2 rings (SSSR count). The summed E-state index contributed by atoms with van der Waals surface area (Å²) in [5, 5.41) is 0. The topological polar surface area (TPSA) is 9.23 Å². The first-order valence-corrected chi connectivity index (χ1v) is 6.71. The first kappa shape index (κ1) is 14.2. The van der Waals surface area contributed by atoms with Gasteiger partial charge in [-0.3, -0.25) is 0 Å². The fraction of sp³-hybridized carbons (Fsp3) is 0.111. The Hall–Kier alpha value is -2.26. The van der Waals surface area contributed by atoms with Crippen LogP contribution in [0.15, 0.2) is 60.7 Å². The Morgan fingerprint density at radius 3 is 1.65 bits per heavy atom. The van der Waals surface area contributed by atoms with E-state index in [-0.39, 0.29) is 5.92 Å². The predicted molar refractivity (Wildman–Crippen MR) is 81.8 cm³/mol. The molecule has 0 unspecified atom stereocenters. The van der Waals surface area contributed by atoms with Gasteiger partial charge >= 0.3 is 0 Å². The van der Waals surface area contributed by atoms with Gasteiger partial charge in [0.15, 0.2) is 0 Å². The third kappa shape index (κ3) is 4.78. The van der Waals surface area contributed by atoms with Gasteiger partial charge in [-0.05, 0) is 24.3 Å². The lowest BCUT2D eigenvalue weighted by molar-refractivity contribution is 0.334. The van der Waals surface area contributed by atoms with Crippen molar-refractivity contribution in [2.24, 2.45) is 5.92 Å². The van der Waals surface area contributed by atoms with E-state index in [9.17, 15) is 0 Å². The normalized spacial score (nSPS) is 9.30. The highest BCUT2D eigenvalue weighted by atomic mass is 28.2. The van der Waals surface area contributed by atoms with Crippen LogP contribution in [-0.4, -0.2) is 17.1 Å². The number of hydrogen-bond donors (Lipinski definition) is 0. The molecule has 0 aromatic heterocycles. The fourth-order valence-corrected chi connectivity index (χ4v) is 1.75. The summed E-state index contributed by atoms with van der Waals surface area (Å²) in [4.78, 5) is 0. The molecule has 0 saturated heterocycles. The molecule has 0 spiro atoms. The van der Waals surface area contributed by atoms with Crippen molar-refractivity contribution in [1.82, 2.24) is 0 Å². The lowest BCUT2D eigenvalue weighted by Crippen LogP contribution is -2.03. The van der Waals surface area contributed by atoms with E-state index in [1.54, 1.807) is 0 Å². The monoisotopic (exact) mass is 273 g/mol. The zero-order valence-corrected chi connectivity index (χ0v) is 12.0. The van der Waals surface area contributed by atoms with Crippen molar-refractivity contribution < 1.29 is 4.43 Å². The fourth-order valence-electron chi connectivity index (χ4n) is 1.59. The molecule has 0 fully saturated rings. The summed E-state index contributed by atoms with van der Waals surface area (Å²) < 4.78 is 4.98. The van der Waals surface area contributed by atoms with Crippen LogP contribution >= 0.6 is 0 Å². The van der Waals surface area contributed by atoms with Crippen LogP contribution in [-0.2, 0) is 4.43 Å². The molecule has 0 saturated carbocycles. The Labute approximate surface area is 123 Å². The molecule has 0 bridgehead atoms. The van der Waals surface area contributed by atoms with Gasteiger partial charge in [0, 0.05) is 11.1 Å². The molecule has 2 aromatic rings. The van der Waals surface area contributed by atoms with Gasteiger partial charge in [0.25, 0.3) is 0 Å². The van der Waals surface area contributed by atoms with Gasteiger partial charge in [0.05, 0.1) is 6.61 Å². The molecule has 1 nitrogen and oxygen atoms in total. The maximum absolute atomic E-state index is 4.98. The van der Waals surface area contributed by atoms with E-state index in [1.807, 2.05) is 60.7 Å². The third-order valence-corrected chi connectivity index (χ3v) is 2.75. The molecule has 0 amide bonds. The average molecular weight is 273 g/mol. The van der Waals surface area contributed by atoms with Gasteiger partial charge in [-0.1, -0.05) is 60.1 Å². The number of hydrogen-bond acceptors (Lipinski definition) is 1. The molecule has 0 N–H and O–H groups in total. The zero-order valence-electron chi connectivity index (χ0n) is 11.0. The Kier molecular flexibility index (Phi) is 5.67. The second kappa shape index (κ2) is 8.02. The minimum absolute atomic E-state index is 0.132. The van der Waals surface area contributed by atoms with Crippen LogP contribution in [0, 0.1) is 29.6 Å². The zero-order chi connectivity index (χ0) is 14.0. The molecular weight excluding hydrogens is 260 g/mol. The van der Waals surface area contributed by atoms with Crippen LogP contribution in [0.2, 0.25) is 0 Å². The first-order valence-electron chi connectivity index (χ1n) is 6.30. The van der Waals surface area contributed by atoms with E-state index in [0.717, 1.165) is 11.1 Å². The van der Waals surface area contributed by atoms with Crippen molar-refractivity contribution in [3.8, 4) is 23.7 Å². The van der Waals surface area contributed by atoms with Gasteiger partial charge in [-0.15, -0.1) is 0 Å². The summed E-state index contributed by atoms with van der Waals surface area (Å²) in [6.45, 7) is 0.427. The van der Waals surface area contributed by atoms with Gasteiger partial charge in [0.2, 0.25) is 10.5 Å². The van der Waals surface area contributed by atoms with Crippen LogP contribution in [0.1, 0.15) is 11.1 Å². The molecule has 0 atom stereocenters. The van der Waals surface area contributed by atoms with E-state index in [0.29, 0.717) is 6.61 Å². The van der Waals surface area contributed by atoms with Gasteiger partial charge < -0.3 is 4.43 Å². The smallest absolute Gasteiger partial charge is 0.246 e. The van der Waals surface area contributed by atoms with E-state index >= 15 is 0 Å². The molecule has 2 aromatic carbocycles. The second-order valence-electron chi connectivity index (χ2n) is 4.13. The largest absolute Gasteiger partial charge is 0.416 e. The molecule has 0 aliphatic rings. The summed E-state index contributed by atoms with van der Waals surface area (Å²) in [7, 11) is 3.02. The van der Waals surface area contributed by atoms with E-state index in [2.05, 4.69) is 34.2 Å². The second-order valence-corrected chi connectivity index (χ2v) is 4.42. The van der Waals surface area contributed by atoms with E-state index < -0.39 is 0 Å². The molecule has 0 aliphatic carbocycles. The van der Waals surface area contributed by atoms with Crippen LogP contribution < -0.4 is 0 Å². The van der Waals surface area contributed by atoms with Crippen LogP contribution in [0.4, 0.5) is 0 Å². The third-order valence-electron chi connectivity index (χ3n) is 2.58. The number of rotatable bonds is 2. The summed E-state index contributed by atoms with van der Waals surface area (Å²) >= 11 is 0. The molecule has 20 heavy (non-hydrogen) atoms.